The van der Waals surface area contributed by atoms with E-state index in [9.17, 15) is 14.0 Å². The molecular formula is C21H19ClFN3O3. The first-order valence-electron chi connectivity index (χ1n) is 8.92. The molecule has 0 radical (unpaired) electrons. The predicted molar refractivity (Wildman–Crippen MR) is 109 cm³/mol. The molecular weight excluding hydrogens is 397 g/mol. The Balaban J connectivity index is 1.53. The third kappa shape index (κ3) is 5.65. The van der Waals surface area contributed by atoms with Gasteiger partial charge in [-0.1, -0.05) is 11.6 Å². The number of amides is 1. The first-order chi connectivity index (χ1) is 13.9. The molecule has 6 nitrogen and oxygen atoms in total. The molecule has 0 fully saturated rings. The Labute approximate surface area is 171 Å². The summed E-state index contributed by atoms with van der Waals surface area (Å²) in [7, 11) is 0. The van der Waals surface area contributed by atoms with Crippen LogP contribution in [-0.2, 0) is 11.3 Å². The van der Waals surface area contributed by atoms with Gasteiger partial charge in [0.15, 0.2) is 6.61 Å². The molecule has 29 heavy (non-hydrogen) atoms. The van der Waals surface area contributed by atoms with Gasteiger partial charge in [0.05, 0.1) is 12.2 Å². The summed E-state index contributed by atoms with van der Waals surface area (Å²) in [5.74, 6) is -0.118. The van der Waals surface area contributed by atoms with E-state index in [0.717, 1.165) is 5.56 Å². The molecule has 0 bridgehead atoms. The van der Waals surface area contributed by atoms with Crippen molar-refractivity contribution in [2.75, 3.05) is 13.2 Å². The van der Waals surface area contributed by atoms with Crippen LogP contribution in [0.4, 0.5) is 4.39 Å². The molecule has 3 aromatic rings. The molecule has 1 amide bonds. The number of aromatic nitrogens is 2. The maximum absolute atomic E-state index is 13.1. The molecule has 0 atom stereocenters. The number of hydrogen-bond acceptors (Lipinski definition) is 4. The van der Waals surface area contributed by atoms with Crippen molar-refractivity contribution in [3.05, 3.63) is 81.4 Å². The fourth-order valence-electron chi connectivity index (χ4n) is 2.59. The van der Waals surface area contributed by atoms with Crippen molar-refractivity contribution in [3.8, 4) is 17.0 Å². The SMILES string of the molecule is Cc1cc(OCC(=O)NCCn2nc(-c3ccc(F)cc3)ccc2=O)ccc1Cl. The molecule has 2 aromatic carbocycles. The predicted octanol–water partition coefficient (Wildman–Crippen LogP) is 3.21. The average molecular weight is 416 g/mol. The topological polar surface area (TPSA) is 73.2 Å². The second-order valence-electron chi connectivity index (χ2n) is 6.34. The van der Waals surface area contributed by atoms with Crippen LogP contribution in [0.2, 0.25) is 5.02 Å². The number of carbonyl (C=O) groups excluding carboxylic acids is 1. The highest BCUT2D eigenvalue weighted by atomic mass is 35.5. The zero-order valence-electron chi connectivity index (χ0n) is 15.7. The highest BCUT2D eigenvalue weighted by Gasteiger charge is 2.07. The molecule has 1 heterocycles. The number of aryl methyl sites for hydroxylation is 1. The van der Waals surface area contributed by atoms with Crippen molar-refractivity contribution in [3.63, 3.8) is 0 Å². The van der Waals surface area contributed by atoms with Crippen molar-refractivity contribution < 1.29 is 13.9 Å². The van der Waals surface area contributed by atoms with E-state index in [2.05, 4.69) is 10.4 Å². The summed E-state index contributed by atoms with van der Waals surface area (Å²) in [5, 5.41) is 7.58. The van der Waals surface area contributed by atoms with Gasteiger partial charge in [0.2, 0.25) is 0 Å². The third-order valence-electron chi connectivity index (χ3n) is 4.15. The van der Waals surface area contributed by atoms with Gasteiger partial charge in [-0.05, 0) is 61.0 Å². The number of nitrogens with zero attached hydrogens (tertiary/aromatic N) is 2. The molecule has 150 valence electrons. The summed E-state index contributed by atoms with van der Waals surface area (Å²) in [4.78, 5) is 24.0. The number of halogens is 2. The Bertz CT molecular complexity index is 1070. The summed E-state index contributed by atoms with van der Waals surface area (Å²) in [5.41, 5.74) is 1.79. The molecule has 8 heteroatoms. The van der Waals surface area contributed by atoms with Crippen LogP contribution in [0, 0.1) is 12.7 Å². The highest BCUT2D eigenvalue weighted by molar-refractivity contribution is 6.31. The summed E-state index contributed by atoms with van der Waals surface area (Å²) < 4.78 is 19.7. The fraction of sp³-hybridized carbons (Fsp3) is 0.190. The van der Waals surface area contributed by atoms with Crippen molar-refractivity contribution in [2.45, 2.75) is 13.5 Å². The molecule has 3 rings (SSSR count). The molecule has 0 aliphatic carbocycles. The summed E-state index contributed by atoms with van der Waals surface area (Å²) in [6.07, 6.45) is 0. The minimum atomic E-state index is -0.347. The molecule has 1 aromatic heterocycles. The minimum Gasteiger partial charge on any atom is -0.484 e. The largest absolute Gasteiger partial charge is 0.484 e. The van der Waals surface area contributed by atoms with Crippen molar-refractivity contribution in [2.24, 2.45) is 0 Å². The van der Waals surface area contributed by atoms with Crippen LogP contribution in [-0.4, -0.2) is 28.8 Å². The third-order valence-corrected chi connectivity index (χ3v) is 4.58. The van der Waals surface area contributed by atoms with E-state index in [0.29, 0.717) is 22.0 Å². The van der Waals surface area contributed by atoms with E-state index in [-0.39, 0.29) is 37.0 Å². The maximum Gasteiger partial charge on any atom is 0.266 e. The number of benzene rings is 2. The molecule has 0 aliphatic rings. The smallest absolute Gasteiger partial charge is 0.266 e. The molecule has 0 aliphatic heterocycles. The summed E-state index contributed by atoms with van der Waals surface area (Å²) in [6.45, 7) is 2.10. The monoisotopic (exact) mass is 415 g/mol. The standard InChI is InChI=1S/C21H19ClFN3O3/c1-14-12-17(6-7-18(14)22)29-13-20(27)24-10-11-26-21(28)9-8-19(25-26)15-2-4-16(23)5-3-15/h2-9,12H,10-11,13H2,1H3,(H,24,27). The van der Waals surface area contributed by atoms with E-state index in [4.69, 9.17) is 16.3 Å². The highest BCUT2D eigenvalue weighted by Crippen LogP contribution is 2.20. The van der Waals surface area contributed by atoms with Crippen LogP contribution in [0.25, 0.3) is 11.3 Å². The summed E-state index contributed by atoms with van der Waals surface area (Å²) in [6, 6.07) is 13.9. The van der Waals surface area contributed by atoms with Gasteiger partial charge in [0, 0.05) is 23.2 Å². The van der Waals surface area contributed by atoms with E-state index < -0.39 is 0 Å². The number of nitrogens with one attached hydrogen (secondary N) is 1. The zero-order valence-corrected chi connectivity index (χ0v) is 16.4. The Morgan fingerprint density at radius 2 is 1.93 bits per heavy atom. The van der Waals surface area contributed by atoms with Crippen LogP contribution < -0.4 is 15.6 Å². The van der Waals surface area contributed by atoms with Crippen LogP contribution in [0.1, 0.15) is 5.56 Å². The quantitative estimate of drug-likeness (QED) is 0.643. The van der Waals surface area contributed by atoms with Crippen LogP contribution in [0.5, 0.6) is 5.75 Å². The first kappa shape index (κ1) is 20.5. The molecule has 0 saturated carbocycles. The van der Waals surface area contributed by atoms with Gasteiger partial charge in [0.1, 0.15) is 11.6 Å². The maximum atomic E-state index is 13.1. The lowest BCUT2D eigenvalue weighted by Gasteiger charge is -2.10. The Kier molecular flexibility index (Phi) is 6.61. The number of rotatable bonds is 7. The van der Waals surface area contributed by atoms with Gasteiger partial charge in [-0.15, -0.1) is 0 Å². The Hall–Kier alpha value is -3.19. The molecule has 0 spiro atoms. The van der Waals surface area contributed by atoms with Crippen LogP contribution >= 0.6 is 11.6 Å². The first-order valence-corrected chi connectivity index (χ1v) is 9.30. The Morgan fingerprint density at radius 3 is 2.66 bits per heavy atom. The normalized spacial score (nSPS) is 10.6. The molecule has 0 unspecified atom stereocenters. The van der Waals surface area contributed by atoms with Crippen molar-refractivity contribution in [1.82, 2.24) is 15.1 Å². The lowest BCUT2D eigenvalue weighted by atomic mass is 10.1. The molecule has 1 N–H and O–H groups in total. The van der Waals surface area contributed by atoms with Crippen molar-refractivity contribution in [1.29, 1.82) is 0 Å². The fourth-order valence-corrected chi connectivity index (χ4v) is 2.71. The minimum absolute atomic E-state index is 0.154. The van der Waals surface area contributed by atoms with E-state index in [1.54, 1.807) is 36.4 Å². The van der Waals surface area contributed by atoms with Crippen LogP contribution in [0.15, 0.2) is 59.4 Å². The lowest BCUT2D eigenvalue weighted by Crippen LogP contribution is -2.34. The zero-order chi connectivity index (χ0) is 20.8. The van der Waals surface area contributed by atoms with Gasteiger partial charge in [0.25, 0.3) is 11.5 Å². The van der Waals surface area contributed by atoms with Gasteiger partial charge >= 0.3 is 0 Å². The number of carbonyl (C=O) groups is 1. The van der Waals surface area contributed by atoms with Crippen LogP contribution in [0.3, 0.4) is 0 Å². The second-order valence-corrected chi connectivity index (χ2v) is 6.74. The average Bonchev–Trinajstić information content (AvgIpc) is 2.71. The molecule has 0 saturated heterocycles. The van der Waals surface area contributed by atoms with E-state index >= 15 is 0 Å². The summed E-state index contributed by atoms with van der Waals surface area (Å²) >= 11 is 5.95. The Morgan fingerprint density at radius 1 is 1.17 bits per heavy atom. The van der Waals surface area contributed by atoms with Gasteiger partial charge < -0.3 is 10.1 Å². The van der Waals surface area contributed by atoms with Gasteiger partial charge in [-0.25, -0.2) is 9.07 Å². The van der Waals surface area contributed by atoms with Gasteiger partial charge in [-0.2, -0.15) is 5.10 Å². The number of ether oxygens (including phenoxy) is 1. The second kappa shape index (κ2) is 9.34. The lowest BCUT2D eigenvalue weighted by molar-refractivity contribution is -0.123. The van der Waals surface area contributed by atoms with Gasteiger partial charge in [-0.3, -0.25) is 9.59 Å². The van der Waals surface area contributed by atoms with E-state index in [1.807, 2.05) is 6.92 Å². The van der Waals surface area contributed by atoms with Crippen molar-refractivity contribution >= 4 is 17.5 Å². The number of hydrogen-bond donors (Lipinski definition) is 1. The van der Waals surface area contributed by atoms with E-state index in [1.165, 1.54) is 22.9 Å².